The molecule has 0 bridgehead atoms. The van der Waals surface area contributed by atoms with E-state index >= 15 is 0 Å². The van der Waals surface area contributed by atoms with Gasteiger partial charge in [-0.05, 0) is 37.3 Å². The van der Waals surface area contributed by atoms with Gasteiger partial charge in [0.05, 0.1) is 23.3 Å². The molecule has 0 saturated heterocycles. The van der Waals surface area contributed by atoms with Gasteiger partial charge in [-0.1, -0.05) is 22.0 Å². The van der Waals surface area contributed by atoms with Crippen LogP contribution in [0.1, 0.15) is 6.92 Å². The van der Waals surface area contributed by atoms with Crippen LogP contribution in [0.4, 0.5) is 5.95 Å². The molecule has 5 heteroatoms. The van der Waals surface area contributed by atoms with Crippen molar-refractivity contribution in [2.75, 3.05) is 12.3 Å². The van der Waals surface area contributed by atoms with Crippen molar-refractivity contribution in [3.63, 3.8) is 0 Å². The van der Waals surface area contributed by atoms with Crippen LogP contribution in [0.15, 0.2) is 46.9 Å². The zero-order chi connectivity index (χ0) is 14.1. The number of hydrogen-bond donors (Lipinski definition) is 1. The van der Waals surface area contributed by atoms with Gasteiger partial charge in [-0.3, -0.25) is 4.57 Å². The molecule has 0 aliphatic heterocycles. The molecule has 0 amide bonds. The summed E-state index contributed by atoms with van der Waals surface area (Å²) in [6, 6.07) is 13.8. The van der Waals surface area contributed by atoms with Gasteiger partial charge in [0.2, 0.25) is 5.95 Å². The molecule has 0 unspecified atom stereocenters. The highest BCUT2D eigenvalue weighted by Gasteiger charge is 2.10. The van der Waals surface area contributed by atoms with Gasteiger partial charge in [-0.15, -0.1) is 0 Å². The molecule has 102 valence electrons. The number of ether oxygens (including phenoxy) is 1. The van der Waals surface area contributed by atoms with Gasteiger partial charge in [0, 0.05) is 10.5 Å². The number of nitrogens with zero attached hydrogens (tertiary/aromatic N) is 2. The lowest BCUT2D eigenvalue weighted by molar-refractivity contribution is 0.340. The summed E-state index contributed by atoms with van der Waals surface area (Å²) in [5.74, 6) is 1.29. The average Bonchev–Trinajstić information content (AvgIpc) is 2.74. The van der Waals surface area contributed by atoms with E-state index in [1.807, 2.05) is 54.0 Å². The number of fused-ring (bicyclic) bond motifs is 1. The topological polar surface area (TPSA) is 53.1 Å². The summed E-state index contributed by atoms with van der Waals surface area (Å²) in [5, 5.41) is 0. The van der Waals surface area contributed by atoms with E-state index in [4.69, 9.17) is 10.5 Å². The Labute approximate surface area is 125 Å². The van der Waals surface area contributed by atoms with Crippen molar-refractivity contribution >= 4 is 32.9 Å². The fraction of sp³-hybridized carbons (Fsp3) is 0.133. The number of rotatable bonds is 3. The Morgan fingerprint density at radius 3 is 2.90 bits per heavy atom. The Morgan fingerprint density at radius 1 is 1.25 bits per heavy atom. The highest BCUT2D eigenvalue weighted by molar-refractivity contribution is 9.10. The first kappa shape index (κ1) is 13.0. The molecule has 3 aromatic rings. The van der Waals surface area contributed by atoms with E-state index in [1.165, 1.54) is 0 Å². The molecule has 0 spiro atoms. The minimum atomic E-state index is 0.465. The average molecular weight is 332 g/mol. The number of imidazole rings is 1. The number of nitrogens with two attached hydrogens (primary N) is 1. The summed E-state index contributed by atoms with van der Waals surface area (Å²) in [4.78, 5) is 4.40. The van der Waals surface area contributed by atoms with Crippen LogP contribution in [0.2, 0.25) is 0 Å². The van der Waals surface area contributed by atoms with Crippen LogP contribution >= 0.6 is 15.9 Å². The number of nitrogen functional groups attached to an aromatic ring is 1. The maximum Gasteiger partial charge on any atom is 0.205 e. The lowest BCUT2D eigenvalue weighted by Crippen LogP contribution is -2.01. The van der Waals surface area contributed by atoms with Gasteiger partial charge in [0.15, 0.2) is 0 Å². The number of hydrogen-bond acceptors (Lipinski definition) is 3. The second kappa shape index (κ2) is 5.17. The van der Waals surface area contributed by atoms with E-state index in [9.17, 15) is 0 Å². The number of halogens is 1. The normalized spacial score (nSPS) is 10.9. The van der Waals surface area contributed by atoms with Gasteiger partial charge in [-0.25, -0.2) is 4.98 Å². The highest BCUT2D eigenvalue weighted by atomic mass is 79.9. The first-order valence-electron chi connectivity index (χ1n) is 6.35. The number of aromatic nitrogens is 2. The third kappa shape index (κ3) is 2.25. The summed E-state index contributed by atoms with van der Waals surface area (Å²) in [6.07, 6.45) is 0. The summed E-state index contributed by atoms with van der Waals surface area (Å²) in [6.45, 7) is 2.60. The van der Waals surface area contributed by atoms with Crippen molar-refractivity contribution in [1.29, 1.82) is 0 Å². The van der Waals surface area contributed by atoms with Gasteiger partial charge in [0.25, 0.3) is 0 Å². The van der Waals surface area contributed by atoms with E-state index < -0.39 is 0 Å². The zero-order valence-corrected chi connectivity index (χ0v) is 12.6. The predicted octanol–water partition coefficient (Wildman–Crippen LogP) is 3.77. The van der Waals surface area contributed by atoms with Crippen molar-refractivity contribution in [2.45, 2.75) is 6.92 Å². The lowest BCUT2D eigenvalue weighted by atomic mass is 10.2. The van der Waals surface area contributed by atoms with Crippen LogP contribution in [0.5, 0.6) is 5.75 Å². The Morgan fingerprint density at radius 2 is 2.10 bits per heavy atom. The van der Waals surface area contributed by atoms with E-state index in [-0.39, 0.29) is 0 Å². The van der Waals surface area contributed by atoms with E-state index in [1.54, 1.807) is 0 Å². The van der Waals surface area contributed by atoms with Crippen molar-refractivity contribution in [3.8, 4) is 11.4 Å². The summed E-state index contributed by atoms with van der Waals surface area (Å²) in [7, 11) is 0. The zero-order valence-electron chi connectivity index (χ0n) is 11.0. The molecule has 1 aromatic heterocycles. The molecule has 1 heterocycles. The summed E-state index contributed by atoms with van der Waals surface area (Å²) < 4.78 is 8.44. The first-order valence-corrected chi connectivity index (χ1v) is 7.15. The first-order chi connectivity index (χ1) is 9.69. The largest absolute Gasteiger partial charge is 0.494 e. The Bertz CT molecular complexity index is 767. The molecule has 3 rings (SSSR count). The standard InChI is InChI=1S/C15H14BrN3O/c1-2-20-12-5-3-4-11(9-12)19-14-7-6-10(16)8-13(14)18-15(19)17/h3-9H,2H2,1H3,(H2,17,18). The Hall–Kier alpha value is -2.01. The SMILES string of the molecule is CCOc1cccc(-n2c(N)nc3cc(Br)ccc32)c1. The molecular formula is C15H14BrN3O. The highest BCUT2D eigenvalue weighted by Crippen LogP contribution is 2.27. The molecule has 0 aliphatic rings. The third-order valence-corrected chi connectivity index (χ3v) is 3.52. The molecule has 0 radical (unpaired) electrons. The van der Waals surface area contributed by atoms with Crippen molar-refractivity contribution < 1.29 is 4.74 Å². The molecule has 2 N–H and O–H groups in total. The van der Waals surface area contributed by atoms with Crippen LogP contribution in [0.25, 0.3) is 16.7 Å². The second-order valence-electron chi connectivity index (χ2n) is 4.37. The van der Waals surface area contributed by atoms with Gasteiger partial charge in [-0.2, -0.15) is 0 Å². The fourth-order valence-corrected chi connectivity index (χ4v) is 2.57. The minimum absolute atomic E-state index is 0.465. The van der Waals surface area contributed by atoms with Crippen LogP contribution in [0.3, 0.4) is 0 Å². The maximum absolute atomic E-state index is 6.06. The third-order valence-electron chi connectivity index (χ3n) is 3.03. The van der Waals surface area contributed by atoms with Crippen LogP contribution in [-0.4, -0.2) is 16.2 Å². The fourth-order valence-electron chi connectivity index (χ4n) is 2.22. The molecule has 0 atom stereocenters. The molecule has 0 saturated carbocycles. The van der Waals surface area contributed by atoms with Gasteiger partial charge < -0.3 is 10.5 Å². The smallest absolute Gasteiger partial charge is 0.205 e. The molecule has 0 aliphatic carbocycles. The lowest BCUT2D eigenvalue weighted by Gasteiger charge is -2.09. The van der Waals surface area contributed by atoms with Gasteiger partial charge >= 0.3 is 0 Å². The van der Waals surface area contributed by atoms with E-state index in [0.29, 0.717) is 12.6 Å². The number of anilines is 1. The van der Waals surface area contributed by atoms with E-state index in [2.05, 4.69) is 20.9 Å². The molecule has 20 heavy (non-hydrogen) atoms. The quantitative estimate of drug-likeness (QED) is 0.794. The Balaban J connectivity index is 2.18. The van der Waals surface area contributed by atoms with Crippen molar-refractivity contribution in [2.24, 2.45) is 0 Å². The van der Waals surface area contributed by atoms with Crippen LogP contribution in [-0.2, 0) is 0 Å². The monoisotopic (exact) mass is 331 g/mol. The second-order valence-corrected chi connectivity index (χ2v) is 5.28. The van der Waals surface area contributed by atoms with E-state index in [0.717, 1.165) is 26.9 Å². The Kier molecular flexibility index (Phi) is 3.36. The van der Waals surface area contributed by atoms with Crippen LogP contribution in [0, 0.1) is 0 Å². The summed E-state index contributed by atoms with van der Waals surface area (Å²) >= 11 is 3.44. The minimum Gasteiger partial charge on any atom is -0.494 e. The molecule has 2 aromatic carbocycles. The predicted molar refractivity (Wildman–Crippen MR) is 84.4 cm³/mol. The number of benzene rings is 2. The summed E-state index contributed by atoms with van der Waals surface area (Å²) in [5.41, 5.74) is 8.83. The van der Waals surface area contributed by atoms with Crippen molar-refractivity contribution in [1.82, 2.24) is 9.55 Å². The molecule has 0 fully saturated rings. The van der Waals surface area contributed by atoms with Crippen LogP contribution < -0.4 is 10.5 Å². The van der Waals surface area contributed by atoms with Gasteiger partial charge in [0.1, 0.15) is 5.75 Å². The van der Waals surface area contributed by atoms with Crippen molar-refractivity contribution in [3.05, 3.63) is 46.9 Å². The molecular weight excluding hydrogens is 318 g/mol. The molecule has 4 nitrogen and oxygen atoms in total. The maximum atomic E-state index is 6.06.